The molecule has 9 aromatic rings. The lowest BCUT2D eigenvalue weighted by molar-refractivity contribution is 1.29. The number of rotatable bonds is 5. The third-order valence-electron chi connectivity index (χ3n) is 9.05. The number of benzene rings is 8. The van der Waals surface area contributed by atoms with Gasteiger partial charge in [0.2, 0.25) is 0 Å². The summed E-state index contributed by atoms with van der Waals surface area (Å²) in [6.45, 7) is 0. The van der Waals surface area contributed by atoms with E-state index in [2.05, 4.69) is 181 Å². The summed E-state index contributed by atoms with van der Waals surface area (Å²) in [6, 6.07) is 63.8. The molecule has 0 radical (unpaired) electrons. The predicted octanol–water partition coefficient (Wildman–Crippen LogP) is 13.2. The fraction of sp³-hybridized carbons (Fsp3) is 0. The molecule has 0 bridgehead atoms. The van der Waals surface area contributed by atoms with Crippen LogP contribution in [0.4, 0.5) is 17.1 Å². The first-order valence-electron chi connectivity index (χ1n) is 15.7. The lowest BCUT2D eigenvalue weighted by Crippen LogP contribution is -2.09. The molecular weight excluding hydrogens is 575 g/mol. The van der Waals surface area contributed by atoms with E-state index in [1.165, 1.54) is 64.0 Å². The molecule has 9 rings (SSSR count). The number of thiophene rings is 1. The summed E-state index contributed by atoms with van der Waals surface area (Å²) in [5, 5.41) is 7.76. The van der Waals surface area contributed by atoms with Gasteiger partial charge in [-0.1, -0.05) is 133 Å². The van der Waals surface area contributed by atoms with Crippen LogP contribution in [0.1, 0.15) is 0 Å². The Labute approximate surface area is 272 Å². The molecule has 0 aliphatic heterocycles. The van der Waals surface area contributed by atoms with Gasteiger partial charge in [-0.05, 0) is 80.9 Å². The Bertz CT molecular complexity index is 2510. The molecule has 0 aliphatic carbocycles. The molecule has 216 valence electrons. The van der Waals surface area contributed by atoms with Gasteiger partial charge in [0.1, 0.15) is 0 Å². The van der Waals surface area contributed by atoms with Crippen molar-refractivity contribution in [2.24, 2.45) is 0 Å². The normalized spacial score (nSPS) is 11.5. The van der Waals surface area contributed by atoms with Crippen molar-refractivity contribution in [2.45, 2.75) is 0 Å². The number of para-hydroxylation sites is 1. The highest BCUT2D eigenvalue weighted by Gasteiger charge is 2.18. The van der Waals surface area contributed by atoms with Crippen molar-refractivity contribution in [3.05, 3.63) is 176 Å². The zero-order valence-electron chi connectivity index (χ0n) is 25.1. The van der Waals surface area contributed by atoms with E-state index in [0.717, 1.165) is 17.1 Å². The first-order chi connectivity index (χ1) is 22.8. The lowest BCUT2D eigenvalue weighted by atomic mass is 9.92. The van der Waals surface area contributed by atoms with Crippen molar-refractivity contribution in [2.75, 3.05) is 4.90 Å². The fourth-order valence-electron chi connectivity index (χ4n) is 6.87. The minimum atomic E-state index is 1.13. The van der Waals surface area contributed by atoms with Gasteiger partial charge in [0.15, 0.2) is 0 Å². The molecule has 0 aliphatic rings. The van der Waals surface area contributed by atoms with Gasteiger partial charge in [-0.25, -0.2) is 0 Å². The van der Waals surface area contributed by atoms with Crippen molar-refractivity contribution >= 4 is 70.1 Å². The molecule has 0 saturated heterocycles. The van der Waals surface area contributed by atoms with Crippen LogP contribution in [0.2, 0.25) is 0 Å². The Kier molecular flexibility index (Phi) is 6.40. The average Bonchev–Trinajstić information content (AvgIpc) is 3.50. The van der Waals surface area contributed by atoms with Gasteiger partial charge in [-0.2, -0.15) is 0 Å². The molecule has 0 atom stereocenters. The van der Waals surface area contributed by atoms with Crippen LogP contribution in [0.5, 0.6) is 0 Å². The summed E-state index contributed by atoms with van der Waals surface area (Å²) in [5.41, 5.74) is 8.42. The van der Waals surface area contributed by atoms with Gasteiger partial charge in [-0.15, -0.1) is 11.3 Å². The van der Waals surface area contributed by atoms with Gasteiger partial charge in [0.25, 0.3) is 0 Å². The quantitative estimate of drug-likeness (QED) is 0.189. The summed E-state index contributed by atoms with van der Waals surface area (Å²) in [6.07, 6.45) is 0. The third-order valence-corrected chi connectivity index (χ3v) is 10.2. The van der Waals surface area contributed by atoms with Gasteiger partial charge < -0.3 is 4.90 Å². The maximum absolute atomic E-state index is 2.43. The van der Waals surface area contributed by atoms with E-state index in [4.69, 9.17) is 0 Å². The maximum Gasteiger partial charge on any atom is 0.0476 e. The summed E-state index contributed by atoms with van der Waals surface area (Å²) in [4.78, 5) is 2.36. The van der Waals surface area contributed by atoms with Gasteiger partial charge in [0, 0.05) is 42.6 Å². The molecule has 1 aromatic heterocycles. The van der Waals surface area contributed by atoms with E-state index >= 15 is 0 Å². The van der Waals surface area contributed by atoms with Crippen LogP contribution in [0, 0.1) is 0 Å². The fourth-order valence-corrected chi connectivity index (χ4v) is 8.12. The molecule has 0 fully saturated rings. The second-order valence-corrected chi connectivity index (χ2v) is 12.8. The predicted molar refractivity (Wildman–Crippen MR) is 200 cm³/mol. The minimum Gasteiger partial charge on any atom is -0.310 e. The molecule has 0 saturated carbocycles. The number of hydrogen-bond acceptors (Lipinski definition) is 2. The van der Waals surface area contributed by atoms with Crippen molar-refractivity contribution < 1.29 is 0 Å². The lowest BCUT2D eigenvalue weighted by Gasteiger charge is -2.25. The van der Waals surface area contributed by atoms with E-state index in [0.29, 0.717) is 0 Å². The van der Waals surface area contributed by atoms with Gasteiger partial charge in [0.05, 0.1) is 0 Å². The van der Waals surface area contributed by atoms with Crippen molar-refractivity contribution in [1.29, 1.82) is 0 Å². The largest absolute Gasteiger partial charge is 0.310 e. The molecule has 1 nitrogen and oxygen atoms in total. The Morgan fingerprint density at radius 2 is 0.957 bits per heavy atom. The molecule has 0 spiro atoms. The second-order valence-electron chi connectivity index (χ2n) is 11.7. The highest BCUT2D eigenvalue weighted by molar-refractivity contribution is 7.26. The zero-order chi connectivity index (χ0) is 30.5. The first-order valence-corrected chi connectivity index (χ1v) is 16.5. The van der Waals surface area contributed by atoms with E-state index in [1.54, 1.807) is 0 Å². The number of nitrogens with zero attached hydrogens (tertiary/aromatic N) is 1. The van der Waals surface area contributed by atoms with Crippen LogP contribution < -0.4 is 4.90 Å². The SMILES string of the molecule is c1ccc(-c2ccc(N(c3ccccc3)c3ccc4c(c3)sc3c5ccccc5c(-c5cccc6ccccc56)cc43)cc2)cc1. The smallest absolute Gasteiger partial charge is 0.0476 e. The monoisotopic (exact) mass is 603 g/mol. The molecule has 8 aromatic carbocycles. The average molecular weight is 604 g/mol. The topological polar surface area (TPSA) is 3.24 Å². The van der Waals surface area contributed by atoms with Crippen LogP contribution >= 0.6 is 11.3 Å². The molecule has 0 unspecified atom stereocenters. The number of hydrogen-bond donors (Lipinski definition) is 0. The zero-order valence-corrected chi connectivity index (χ0v) is 25.9. The molecule has 46 heavy (non-hydrogen) atoms. The van der Waals surface area contributed by atoms with Gasteiger partial charge in [-0.3, -0.25) is 0 Å². The first kappa shape index (κ1) is 26.7. The summed E-state index contributed by atoms with van der Waals surface area (Å²) in [7, 11) is 0. The second kappa shape index (κ2) is 11.0. The van der Waals surface area contributed by atoms with E-state index in [-0.39, 0.29) is 0 Å². The standard InChI is InChI=1S/C44H29NS/c1-3-12-30(13-4-1)31-22-24-34(25-23-31)45(33-16-5-2-6-17-33)35-26-27-39-42-29-41(37-21-11-15-32-14-7-8-18-36(32)37)38-19-9-10-20-40(38)44(42)46-43(39)28-35/h1-29H. The van der Waals surface area contributed by atoms with Crippen LogP contribution in [-0.2, 0) is 0 Å². The van der Waals surface area contributed by atoms with Crippen molar-refractivity contribution in [3.8, 4) is 22.3 Å². The summed E-state index contributed by atoms with van der Waals surface area (Å²) < 4.78 is 2.62. The van der Waals surface area contributed by atoms with Crippen LogP contribution in [0.15, 0.2) is 176 Å². The van der Waals surface area contributed by atoms with Gasteiger partial charge >= 0.3 is 0 Å². The third kappa shape index (κ3) is 4.46. The van der Waals surface area contributed by atoms with Crippen molar-refractivity contribution in [1.82, 2.24) is 0 Å². The Balaban J connectivity index is 1.22. The molecule has 0 amide bonds. The highest BCUT2D eigenvalue weighted by atomic mass is 32.1. The van der Waals surface area contributed by atoms with E-state index in [1.807, 2.05) is 11.3 Å². The maximum atomic E-state index is 2.43. The Hall–Kier alpha value is -5.70. The molecule has 1 heterocycles. The Morgan fingerprint density at radius 3 is 1.76 bits per heavy atom. The number of anilines is 3. The summed E-state index contributed by atoms with van der Waals surface area (Å²) >= 11 is 1.89. The van der Waals surface area contributed by atoms with Crippen molar-refractivity contribution in [3.63, 3.8) is 0 Å². The molecule has 0 N–H and O–H groups in total. The van der Waals surface area contributed by atoms with Crippen LogP contribution in [-0.4, -0.2) is 0 Å². The minimum absolute atomic E-state index is 1.13. The Morgan fingerprint density at radius 1 is 0.348 bits per heavy atom. The number of fused-ring (bicyclic) bond motifs is 6. The van der Waals surface area contributed by atoms with E-state index in [9.17, 15) is 0 Å². The highest BCUT2D eigenvalue weighted by Crippen LogP contribution is 2.46. The molecule has 2 heteroatoms. The van der Waals surface area contributed by atoms with Crippen LogP contribution in [0.3, 0.4) is 0 Å². The summed E-state index contributed by atoms with van der Waals surface area (Å²) in [5.74, 6) is 0. The van der Waals surface area contributed by atoms with E-state index < -0.39 is 0 Å². The van der Waals surface area contributed by atoms with Crippen LogP contribution in [0.25, 0.3) is 64.0 Å². The molecular formula is C44H29NS.